The molecule has 86 valence electrons. The van der Waals surface area contributed by atoms with E-state index in [0.717, 1.165) is 0 Å². The maximum absolute atomic E-state index is 11.1. The summed E-state index contributed by atoms with van der Waals surface area (Å²) >= 11 is 0. The third kappa shape index (κ3) is 3.56. The number of likely N-dealkylation sites (N-methyl/N-ethyl adjacent to an activating group) is 1. The van der Waals surface area contributed by atoms with Gasteiger partial charge in [-0.1, -0.05) is 0 Å². The van der Waals surface area contributed by atoms with Crippen LogP contribution in [0.2, 0.25) is 0 Å². The maximum atomic E-state index is 11.1. The molecule has 0 unspecified atom stereocenters. The van der Waals surface area contributed by atoms with Crippen molar-refractivity contribution < 1.29 is 19.4 Å². The van der Waals surface area contributed by atoms with Gasteiger partial charge >= 0.3 is 5.97 Å². The first-order chi connectivity index (χ1) is 7.63. The molecule has 1 aromatic rings. The normalized spacial score (nSPS) is 9.56. The Bertz CT molecular complexity index is 392. The Hall–Kier alpha value is -2.11. The van der Waals surface area contributed by atoms with Crippen LogP contribution in [0, 0.1) is 0 Å². The smallest absolute Gasteiger partial charge is 0.337 e. The Labute approximate surface area is 92.3 Å². The Morgan fingerprint density at radius 1 is 1.50 bits per heavy atom. The summed E-state index contributed by atoms with van der Waals surface area (Å²) in [5.74, 6) is -1.09. The Morgan fingerprint density at radius 2 is 2.25 bits per heavy atom. The zero-order valence-electron chi connectivity index (χ0n) is 8.77. The van der Waals surface area contributed by atoms with Gasteiger partial charge in [0.2, 0.25) is 0 Å². The van der Waals surface area contributed by atoms with Gasteiger partial charge in [0.25, 0.3) is 5.91 Å². The summed E-state index contributed by atoms with van der Waals surface area (Å²) in [4.78, 5) is 25.4. The standard InChI is InChI=1S/C10H12N2O4/c1-2-12-9(13)6-16-8-3-7(10(14)15)4-11-5-8/h3-5H,2,6H2,1H3,(H,12,13)(H,14,15). The van der Waals surface area contributed by atoms with Gasteiger partial charge in [-0.05, 0) is 13.0 Å². The highest BCUT2D eigenvalue weighted by atomic mass is 16.5. The van der Waals surface area contributed by atoms with Crippen molar-refractivity contribution in [2.45, 2.75) is 6.92 Å². The fourth-order valence-electron chi connectivity index (χ4n) is 1.01. The van der Waals surface area contributed by atoms with Gasteiger partial charge in [-0.15, -0.1) is 0 Å². The first kappa shape index (κ1) is 12.0. The number of carboxylic acid groups (broad SMARTS) is 1. The molecule has 1 heterocycles. The number of hydrogen-bond donors (Lipinski definition) is 2. The van der Waals surface area contributed by atoms with Crippen LogP contribution in [0.3, 0.4) is 0 Å². The molecule has 16 heavy (non-hydrogen) atoms. The van der Waals surface area contributed by atoms with Gasteiger partial charge in [-0.25, -0.2) is 4.79 Å². The van der Waals surface area contributed by atoms with Crippen LogP contribution >= 0.6 is 0 Å². The minimum Gasteiger partial charge on any atom is -0.482 e. The number of carbonyl (C=O) groups excluding carboxylic acids is 1. The third-order valence-corrected chi connectivity index (χ3v) is 1.70. The lowest BCUT2D eigenvalue weighted by molar-refractivity contribution is -0.122. The SMILES string of the molecule is CCNC(=O)COc1cncc(C(=O)O)c1. The van der Waals surface area contributed by atoms with Crippen LogP contribution in [0.1, 0.15) is 17.3 Å². The summed E-state index contributed by atoms with van der Waals surface area (Å²) in [6.07, 6.45) is 2.56. The van der Waals surface area contributed by atoms with Gasteiger partial charge in [0.1, 0.15) is 5.75 Å². The van der Waals surface area contributed by atoms with Crippen LogP contribution in [0.4, 0.5) is 0 Å². The Morgan fingerprint density at radius 3 is 2.88 bits per heavy atom. The number of nitrogens with one attached hydrogen (secondary N) is 1. The number of nitrogens with zero attached hydrogens (tertiary/aromatic N) is 1. The van der Waals surface area contributed by atoms with Crippen LogP contribution in [0.25, 0.3) is 0 Å². The summed E-state index contributed by atoms with van der Waals surface area (Å²) < 4.78 is 5.07. The van der Waals surface area contributed by atoms with E-state index in [1.165, 1.54) is 18.5 Å². The van der Waals surface area contributed by atoms with Crippen molar-refractivity contribution in [1.29, 1.82) is 0 Å². The van der Waals surface area contributed by atoms with E-state index in [-0.39, 0.29) is 23.8 Å². The predicted molar refractivity (Wildman–Crippen MR) is 55.4 cm³/mol. The van der Waals surface area contributed by atoms with Crippen LogP contribution in [-0.2, 0) is 4.79 Å². The molecule has 0 aliphatic rings. The van der Waals surface area contributed by atoms with Crippen LogP contribution in [-0.4, -0.2) is 35.1 Å². The minimum absolute atomic E-state index is 0.0217. The van der Waals surface area contributed by atoms with Crippen molar-refractivity contribution in [3.8, 4) is 5.75 Å². The zero-order chi connectivity index (χ0) is 12.0. The highest BCUT2D eigenvalue weighted by molar-refractivity contribution is 5.87. The molecule has 1 aromatic heterocycles. The molecule has 0 spiro atoms. The molecular formula is C10H12N2O4. The number of aromatic nitrogens is 1. The Kier molecular flexibility index (Phi) is 4.26. The second-order valence-corrected chi connectivity index (χ2v) is 2.96. The quantitative estimate of drug-likeness (QED) is 0.750. The van der Waals surface area contributed by atoms with Crippen molar-refractivity contribution in [2.24, 2.45) is 0 Å². The number of aromatic carboxylic acids is 1. The van der Waals surface area contributed by atoms with Gasteiger partial charge < -0.3 is 15.2 Å². The molecule has 0 atom stereocenters. The van der Waals surface area contributed by atoms with E-state index in [2.05, 4.69) is 10.3 Å². The molecule has 6 heteroatoms. The average Bonchev–Trinajstić information content (AvgIpc) is 2.27. The molecule has 0 bridgehead atoms. The number of pyridine rings is 1. The second-order valence-electron chi connectivity index (χ2n) is 2.96. The van der Waals surface area contributed by atoms with Gasteiger partial charge in [-0.3, -0.25) is 9.78 Å². The highest BCUT2D eigenvalue weighted by Crippen LogP contribution is 2.10. The van der Waals surface area contributed by atoms with Crippen molar-refractivity contribution >= 4 is 11.9 Å². The maximum Gasteiger partial charge on any atom is 0.337 e. The van der Waals surface area contributed by atoms with Crippen LogP contribution < -0.4 is 10.1 Å². The van der Waals surface area contributed by atoms with Crippen LogP contribution in [0.5, 0.6) is 5.75 Å². The molecule has 0 aromatic carbocycles. The zero-order valence-corrected chi connectivity index (χ0v) is 8.77. The third-order valence-electron chi connectivity index (χ3n) is 1.70. The van der Waals surface area contributed by atoms with E-state index >= 15 is 0 Å². The van der Waals surface area contributed by atoms with Gasteiger partial charge in [-0.2, -0.15) is 0 Å². The van der Waals surface area contributed by atoms with Gasteiger partial charge in [0, 0.05) is 12.7 Å². The topological polar surface area (TPSA) is 88.5 Å². The number of rotatable bonds is 5. The molecule has 1 rings (SSSR count). The van der Waals surface area contributed by atoms with Crippen LogP contribution in [0.15, 0.2) is 18.5 Å². The average molecular weight is 224 g/mol. The molecular weight excluding hydrogens is 212 g/mol. The minimum atomic E-state index is -1.09. The number of carbonyl (C=O) groups is 2. The fraction of sp³-hybridized carbons (Fsp3) is 0.300. The lowest BCUT2D eigenvalue weighted by atomic mass is 10.3. The van der Waals surface area contributed by atoms with Crippen molar-refractivity contribution in [2.75, 3.05) is 13.2 Å². The monoisotopic (exact) mass is 224 g/mol. The summed E-state index contributed by atoms with van der Waals surface area (Å²) in [6.45, 7) is 2.17. The summed E-state index contributed by atoms with van der Waals surface area (Å²) in [5.41, 5.74) is 0.0217. The first-order valence-corrected chi connectivity index (χ1v) is 4.71. The predicted octanol–water partition coefficient (Wildman–Crippen LogP) is 0.295. The number of amides is 1. The summed E-state index contributed by atoms with van der Waals surface area (Å²) in [7, 11) is 0. The van der Waals surface area contributed by atoms with E-state index in [4.69, 9.17) is 9.84 Å². The van der Waals surface area contributed by atoms with Crippen molar-refractivity contribution in [3.05, 3.63) is 24.0 Å². The lowest BCUT2D eigenvalue weighted by Crippen LogP contribution is -2.28. The molecule has 2 N–H and O–H groups in total. The number of hydrogen-bond acceptors (Lipinski definition) is 4. The molecule has 6 nitrogen and oxygen atoms in total. The summed E-state index contributed by atoms with van der Waals surface area (Å²) in [5, 5.41) is 11.2. The largest absolute Gasteiger partial charge is 0.482 e. The van der Waals surface area contributed by atoms with E-state index in [1.54, 1.807) is 6.92 Å². The molecule has 0 saturated heterocycles. The van der Waals surface area contributed by atoms with E-state index in [0.29, 0.717) is 6.54 Å². The van der Waals surface area contributed by atoms with E-state index in [9.17, 15) is 9.59 Å². The first-order valence-electron chi connectivity index (χ1n) is 4.71. The molecule has 0 saturated carbocycles. The van der Waals surface area contributed by atoms with Gasteiger partial charge in [0.15, 0.2) is 6.61 Å². The lowest BCUT2D eigenvalue weighted by Gasteiger charge is -2.05. The molecule has 0 aliphatic heterocycles. The Balaban J connectivity index is 2.57. The van der Waals surface area contributed by atoms with E-state index < -0.39 is 5.97 Å². The van der Waals surface area contributed by atoms with Gasteiger partial charge in [0.05, 0.1) is 11.8 Å². The summed E-state index contributed by atoms with van der Waals surface area (Å²) in [6, 6.07) is 1.31. The number of ether oxygens (including phenoxy) is 1. The van der Waals surface area contributed by atoms with Crippen molar-refractivity contribution in [3.63, 3.8) is 0 Å². The van der Waals surface area contributed by atoms with Crippen molar-refractivity contribution in [1.82, 2.24) is 10.3 Å². The molecule has 0 radical (unpaired) electrons. The highest BCUT2D eigenvalue weighted by Gasteiger charge is 2.06. The fourth-order valence-corrected chi connectivity index (χ4v) is 1.01. The number of carboxylic acids is 1. The molecule has 1 amide bonds. The molecule has 0 fully saturated rings. The second kappa shape index (κ2) is 5.69. The van der Waals surface area contributed by atoms with E-state index in [1.807, 2.05) is 0 Å². The molecule has 0 aliphatic carbocycles.